The molecule has 9 nitrogen and oxygen atoms in total. The molecule has 0 aliphatic rings. The van der Waals surface area contributed by atoms with Crippen LogP contribution in [0.2, 0.25) is 0 Å². The first kappa shape index (κ1) is 19.5. The van der Waals surface area contributed by atoms with E-state index in [0.717, 1.165) is 11.1 Å². The molecule has 0 unspecified atom stereocenters. The second-order valence-corrected chi connectivity index (χ2v) is 7.83. The molecule has 3 aromatic rings. The number of hydrogen-bond acceptors (Lipinski definition) is 5. The van der Waals surface area contributed by atoms with Crippen molar-refractivity contribution in [2.45, 2.75) is 11.8 Å². The zero-order chi connectivity index (χ0) is 20.1. The van der Waals surface area contributed by atoms with Crippen molar-refractivity contribution < 1.29 is 18.0 Å². The summed E-state index contributed by atoms with van der Waals surface area (Å²) >= 11 is 0. The molecular weight excluding hydrogens is 382 g/mol. The SMILES string of the molecule is Cc1ccc(S(=O)(=O)NCC(=O)NCC(=O)Nc2nc3ccccc3[nH]2)cc1. The molecule has 10 heteroatoms. The third-order valence-electron chi connectivity index (χ3n) is 3.85. The van der Waals surface area contributed by atoms with Gasteiger partial charge >= 0.3 is 0 Å². The fraction of sp³-hybridized carbons (Fsp3) is 0.167. The number of sulfonamides is 1. The summed E-state index contributed by atoms with van der Waals surface area (Å²) in [6.45, 7) is 1.05. The van der Waals surface area contributed by atoms with E-state index in [1.807, 2.05) is 25.1 Å². The van der Waals surface area contributed by atoms with Crippen molar-refractivity contribution in [1.82, 2.24) is 20.0 Å². The average Bonchev–Trinajstić information content (AvgIpc) is 3.07. The van der Waals surface area contributed by atoms with E-state index in [0.29, 0.717) is 5.52 Å². The molecule has 0 aliphatic carbocycles. The summed E-state index contributed by atoms with van der Waals surface area (Å²) in [6.07, 6.45) is 0. The van der Waals surface area contributed by atoms with E-state index >= 15 is 0 Å². The molecule has 146 valence electrons. The van der Waals surface area contributed by atoms with Crippen LogP contribution in [0, 0.1) is 6.92 Å². The van der Waals surface area contributed by atoms with Gasteiger partial charge in [0.15, 0.2) is 0 Å². The normalized spacial score (nSPS) is 11.3. The zero-order valence-electron chi connectivity index (χ0n) is 15.0. The Balaban J connectivity index is 1.47. The third kappa shape index (κ3) is 4.93. The van der Waals surface area contributed by atoms with Crippen LogP contribution in [0.3, 0.4) is 0 Å². The molecule has 0 bridgehead atoms. The number of hydrogen-bond donors (Lipinski definition) is 4. The maximum absolute atomic E-state index is 12.1. The number of nitrogens with zero attached hydrogens (tertiary/aromatic N) is 1. The lowest BCUT2D eigenvalue weighted by atomic mass is 10.2. The fourth-order valence-corrected chi connectivity index (χ4v) is 3.37. The number of carbonyl (C=O) groups excluding carboxylic acids is 2. The number of aryl methyl sites for hydroxylation is 1. The van der Waals surface area contributed by atoms with Gasteiger partial charge in [-0.3, -0.25) is 14.9 Å². The lowest BCUT2D eigenvalue weighted by molar-refractivity contribution is -0.123. The van der Waals surface area contributed by atoms with Crippen LogP contribution in [0.4, 0.5) is 5.95 Å². The molecule has 28 heavy (non-hydrogen) atoms. The molecule has 1 aromatic heterocycles. The van der Waals surface area contributed by atoms with Crippen molar-refractivity contribution in [3.63, 3.8) is 0 Å². The quantitative estimate of drug-likeness (QED) is 0.467. The van der Waals surface area contributed by atoms with Crippen molar-refractivity contribution in [3.8, 4) is 0 Å². The van der Waals surface area contributed by atoms with Gasteiger partial charge in [-0.25, -0.2) is 18.1 Å². The molecule has 0 saturated carbocycles. The van der Waals surface area contributed by atoms with Gasteiger partial charge < -0.3 is 10.3 Å². The number of rotatable bonds is 7. The number of benzene rings is 2. The number of nitrogens with one attached hydrogen (secondary N) is 4. The maximum atomic E-state index is 12.1. The van der Waals surface area contributed by atoms with Crippen LogP contribution in [-0.2, 0) is 19.6 Å². The monoisotopic (exact) mass is 401 g/mol. The van der Waals surface area contributed by atoms with Gasteiger partial charge in [-0.15, -0.1) is 0 Å². The highest BCUT2D eigenvalue weighted by Gasteiger charge is 2.15. The second kappa shape index (κ2) is 8.19. The summed E-state index contributed by atoms with van der Waals surface area (Å²) in [7, 11) is -3.80. The minimum absolute atomic E-state index is 0.0635. The van der Waals surface area contributed by atoms with Gasteiger partial charge in [0.05, 0.1) is 29.0 Å². The largest absolute Gasteiger partial charge is 0.346 e. The predicted octanol–water partition coefficient (Wildman–Crippen LogP) is 0.905. The number of imidazole rings is 1. The van der Waals surface area contributed by atoms with Crippen LogP contribution in [-0.4, -0.2) is 43.3 Å². The van der Waals surface area contributed by atoms with Crippen molar-refractivity contribution in [1.29, 1.82) is 0 Å². The van der Waals surface area contributed by atoms with Crippen LogP contribution >= 0.6 is 0 Å². The van der Waals surface area contributed by atoms with Crippen LogP contribution in [0.15, 0.2) is 53.4 Å². The van der Waals surface area contributed by atoms with Gasteiger partial charge in [-0.2, -0.15) is 0 Å². The van der Waals surface area contributed by atoms with Gasteiger partial charge in [-0.1, -0.05) is 29.8 Å². The van der Waals surface area contributed by atoms with E-state index in [4.69, 9.17) is 0 Å². The Hall–Kier alpha value is -3.24. The van der Waals surface area contributed by atoms with Crippen LogP contribution in [0.1, 0.15) is 5.56 Å². The first-order chi connectivity index (χ1) is 13.3. The highest BCUT2D eigenvalue weighted by molar-refractivity contribution is 7.89. The standard InChI is InChI=1S/C18H19N5O4S/c1-12-6-8-13(9-7-12)28(26,27)20-11-16(24)19-10-17(25)23-18-21-14-4-2-3-5-15(14)22-18/h2-9,20H,10-11H2,1H3,(H,19,24)(H2,21,22,23,25). The van der Waals surface area contributed by atoms with Gasteiger partial charge in [0.25, 0.3) is 0 Å². The van der Waals surface area contributed by atoms with Crippen LogP contribution in [0.5, 0.6) is 0 Å². The number of anilines is 1. The molecule has 0 spiro atoms. The van der Waals surface area contributed by atoms with Crippen molar-refractivity contribution >= 4 is 38.8 Å². The van der Waals surface area contributed by atoms with Crippen LogP contribution < -0.4 is 15.4 Å². The Morgan fingerprint density at radius 1 is 1.00 bits per heavy atom. The summed E-state index contributed by atoms with van der Waals surface area (Å²) in [5, 5.41) is 4.88. The predicted molar refractivity (Wildman–Crippen MR) is 104 cm³/mol. The second-order valence-electron chi connectivity index (χ2n) is 6.07. The Kier molecular flexibility index (Phi) is 5.71. The van der Waals surface area contributed by atoms with Gasteiger partial charge in [0.1, 0.15) is 0 Å². The number of para-hydroxylation sites is 2. The van der Waals surface area contributed by atoms with E-state index in [1.54, 1.807) is 18.2 Å². The fourth-order valence-electron chi connectivity index (χ4n) is 2.39. The number of aromatic nitrogens is 2. The molecule has 0 radical (unpaired) electrons. The number of aromatic amines is 1. The molecule has 3 rings (SSSR count). The first-order valence-electron chi connectivity index (χ1n) is 8.41. The summed E-state index contributed by atoms with van der Waals surface area (Å²) in [5.74, 6) is -0.857. The summed E-state index contributed by atoms with van der Waals surface area (Å²) in [6, 6.07) is 13.5. The molecule has 2 amide bonds. The van der Waals surface area contributed by atoms with Crippen molar-refractivity contribution in [2.75, 3.05) is 18.4 Å². The molecule has 0 aliphatic heterocycles. The maximum Gasteiger partial charge on any atom is 0.246 e. The zero-order valence-corrected chi connectivity index (χ0v) is 15.8. The smallest absolute Gasteiger partial charge is 0.246 e. The molecule has 0 fully saturated rings. The van der Waals surface area contributed by atoms with E-state index in [2.05, 4.69) is 25.3 Å². The molecular formula is C18H19N5O4S. The van der Waals surface area contributed by atoms with E-state index in [1.165, 1.54) is 12.1 Å². The molecule has 2 aromatic carbocycles. The van der Waals surface area contributed by atoms with Gasteiger partial charge in [0, 0.05) is 0 Å². The van der Waals surface area contributed by atoms with Crippen LogP contribution in [0.25, 0.3) is 11.0 Å². The minimum atomic E-state index is -3.80. The lowest BCUT2D eigenvalue weighted by Crippen LogP contribution is -2.40. The highest BCUT2D eigenvalue weighted by atomic mass is 32.2. The first-order valence-corrected chi connectivity index (χ1v) is 9.89. The van der Waals surface area contributed by atoms with Gasteiger partial charge in [-0.05, 0) is 31.2 Å². The minimum Gasteiger partial charge on any atom is -0.346 e. The van der Waals surface area contributed by atoms with E-state index in [9.17, 15) is 18.0 Å². The third-order valence-corrected chi connectivity index (χ3v) is 5.26. The highest BCUT2D eigenvalue weighted by Crippen LogP contribution is 2.13. The van der Waals surface area contributed by atoms with Crippen molar-refractivity contribution in [2.24, 2.45) is 0 Å². The number of H-pyrrole nitrogens is 1. The number of amides is 2. The molecule has 4 N–H and O–H groups in total. The lowest BCUT2D eigenvalue weighted by Gasteiger charge is -2.08. The Bertz CT molecular complexity index is 1070. The Labute approximate surface area is 161 Å². The molecule has 0 saturated heterocycles. The van der Waals surface area contributed by atoms with E-state index < -0.39 is 28.4 Å². The number of carbonyl (C=O) groups is 2. The Morgan fingerprint density at radius 2 is 1.71 bits per heavy atom. The summed E-state index contributed by atoms with van der Waals surface area (Å²) in [4.78, 5) is 30.9. The topological polar surface area (TPSA) is 133 Å². The van der Waals surface area contributed by atoms with Crippen molar-refractivity contribution in [3.05, 3.63) is 54.1 Å². The van der Waals surface area contributed by atoms with Gasteiger partial charge in [0.2, 0.25) is 27.8 Å². The molecule has 0 atom stereocenters. The molecule has 1 heterocycles. The van der Waals surface area contributed by atoms with E-state index in [-0.39, 0.29) is 17.4 Å². The Morgan fingerprint density at radius 3 is 2.43 bits per heavy atom. The summed E-state index contributed by atoms with van der Waals surface area (Å²) in [5.41, 5.74) is 2.40. The number of fused-ring (bicyclic) bond motifs is 1. The average molecular weight is 401 g/mol. The summed E-state index contributed by atoms with van der Waals surface area (Å²) < 4.78 is 26.5.